The van der Waals surface area contributed by atoms with E-state index in [9.17, 15) is 19.7 Å². The van der Waals surface area contributed by atoms with E-state index >= 15 is 0 Å². The SMILES string of the molecule is NC(=O)c1ccccc1OCC(=O)Nc1ccc([N+](=O)[O-])cc1Br. The first-order chi connectivity index (χ1) is 11.4. The fourth-order valence-corrected chi connectivity index (χ4v) is 2.31. The molecule has 0 aliphatic rings. The lowest BCUT2D eigenvalue weighted by Gasteiger charge is -2.10. The number of halogens is 1. The molecule has 0 saturated heterocycles. The van der Waals surface area contributed by atoms with Crippen LogP contribution in [0.5, 0.6) is 5.75 Å². The van der Waals surface area contributed by atoms with E-state index < -0.39 is 16.7 Å². The molecule has 24 heavy (non-hydrogen) atoms. The molecule has 0 fully saturated rings. The van der Waals surface area contributed by atoms with Crippen molar-refractivity contribution in [2.45, 2.75) is 0 Å². The lowest BCUT2D eigenvalue weighted by atomic mass is 10.2. The Morgan fingerprint density at radius 3 is 2.58 bits per heavy atom. The average molecular weight is 394 g/mol. The van der Waals surface area contributed by atoms with Crippen molar-refractivity contribution < 1.29 is 19.2 Å². The van der Waals surface area contributed by atoms with E-state index in [1.54, 1.807) is 12.1 Å². The third-order valence-electron chi connectivity index (χ3n) is 2.95. The predicted octanol–water partition coefficient (Wildman–Crippen LogP) is 2.47. The van der Waals surface area contributed by atoms with Gasteiger partial charge in [-0.2, -0.15) is 0 Å². The highest BCUT2D eigenvalue weighted by molar-refractivity contribution is 9.10. The number of nitrogens with two attached hydrogens (primary N) is 1. The van der Waals surface area contributed by atoms with Crippen LogP contribution in [0.15, 0.2) is 46.9 Å². The molecule has 0 spiro atoms. The summed E-state index contributed by atoms with van der Waals surface area (Å²) < 4.78 is 5.66. The molecule has 8 nitrogen and oxygen atoms in total. The number of ether oxygens (including phenoxy) is 1. The van der Waals surface area contributed by atoms with Crippen molar-refractivity contribution in [3.8, 4) is 5.75 Å². The summed E-state index contributed by atoms with van der Waals surface area (Å²) in [6, 6.07) is 10.2. The van der Waals surface area contributed by atoms with Crippen LogP contribution in [0.2, 0.25) is 0 Å². The zero-order valence-corrected chi connectivity index (χ0v) is 13.8. The number of anilines is 1. The van der Waals surface area contributed by atoms with Gasteiger partial charge in [-0.05, 0) is 34.1 Å². The van der Waals surface area contributed by atoms with E-state index in [0.717, 1.165) is 0 Å². The number of nitro groups is 1. The van der Waals surface area contributed by atoms with Crippen molar-refractivity contribution in [3.05, 3.63) is 62.6 Å². The number of rotatable bonds is 6. The highest BCUT2D eigenvalue weighted by atomic mass is 79.9. The third kappa shape index (κ3) is 4.29. The van der Waals surface area contributed by atoms with Gasteiger partial charge in [-0.1, -0.05) is 12.1 Å². The summed E-state index contributed by atoms with van der Waals surface area (Å²) >= 11 is 3.15. The summed E-state index contributed by atoms with van der Waals surface area (Å²) in [6.07, 6.45) is 0. The number of carbonyl (C=O) groups excluding carboxylic acids is 2. The van der Waals surface area contributed by atoms with E-state index in [2.05, 4.69) is 21.2 Å². The first-order valence-corrected chi connectivity index (χ1v) is 7.43. The van der Waals surface area contributed by atoms with Crippen LogP contribution in [0, 0.1) is 10.1 Å². The second-order valence-corrected chi connectivity index (χ2v) is 5.47. The number of nitrogens with zero attached hydrogens (tertiary/aromatic N) is 1. The molecule has 3 N–H and O–H groups in total. The Kier molecular flexibility index (Phi) is 5.48. The smallest absolute Gasteiger partial charge is 0.270 e. The maximum absolute atomic E-state index is 11.9. The number of hydrogen-bond acceptors (Lipinski definition) is 5. The fourth-order valence-electron chi connectivity index (χ4n) is 1.84. The Morgan fingerprint density at radius 1 is 1.25 bits per heavy atom. The Bertz CT molecular complexity index is 809. The summed E-state index contributed by atoms with van der Waals surface area (Å²) in [4.78, 5) is 33.3. The Morgan fingerprint density at radius 2 is 1.96 bits per heavy atom. The Labute approximate surface area is 144 Å². The predicted molar refractivity (Wildman–Crippen MR) is 89.9 cm³/mol. The first kappa shape index (κ1) is 17.4. The quantitative estimate of drug-likeness (QED) is 0.575. The molecule has 2 aromatic carbocycles. The molecule has 0 atom stereocenters. The largest absolute Gasteiger partial charge is 0.483 e. The maximum Gasteiger partial charge on any atom is 0.270 e. The van der Waals surface area contributed by atoms with Gasteiger partial charge in [0.05, 0.1) is 16.2 Å². The second kappa shape index (κ2) is 7.55. The van der Waals surface area contributed by atoms with Crippen LogP contribution in [0.4, 0.5) is 11.4 Å². The van der Waals surface area contributed by atoms with Gasteiger partial charge in [0.1, 0.15) is 5.75 Å². The normalized spacial score (nSPS) is 10.0. The molecule has 124 valence electrons. The Hall–Kier alpha value is -2.94. The number of amides is 2. The molecule has 0 aromatic heterocycles. The van der Waals surface area contributed by atoms with Gasteiger partial charge in [-0.25, -0.2) is 0 Å². The molecule has 0 saturated carbocycles. The minimum Gasteiger partial charge on any atom is -0.483 e. The molecular formula is C15H12BrN3O5. The number of primary amides is 1. The summed E-state index contributed by atoms with van der Waals surface area (Å²) in [5.41, 5.74) is 5.64. The second-order valence-electron chi connectivity index (χ2n) is 4.62. The number of nitrogens with one attached hydrogen (secondary N) is 1. The van der Waals surface area contributed by atoms with Crippen LogP contribution in [0.25, 0.3) is 0 Å². The van der Waals surface area contributed by atoms with E-state index in [-0.39, 0.29) is 23.6 Å². The summed E-state index contributed by atoms with van der Waals surface area (Å²) in [5.74, 6) is -0.962. The van der Waals surface area contributed by atoms with Crippen LogP contribution >= 0.6 is 15.9 Å². The fraction of sp³-hybridized carbons (Fsp3) is 0.0667. The minimum atomic E-state index is -0.663. The number of nitro benzene ring substituents is 1. The molecule has 0 aliphatic carbocycles. The average Bonchev–Trinajstić information content (AvgIpc) is 2.54. The molecule has 2 aromatic rings. The van der Waals surface area contributed by atoms with Gasteiger partial charge in [0, 0.05) is 16.6 Å². The zero-order chi connectivity index (χ0) is 17.7. The molecule has 0 heterocycles. The van der Waals surface area contributed by atoms with Gasteiger partial charge in [0.25, 0.3) is 17.5 Å². The zero-order valence-electron chi connectivity index (χ0n) is 12.2. The van der Waals surface area contributed by atoms with Gasteiger partial charge >= 0.3 is 0 Å². The molecule has 9 heteroatoms. The first-order valence-electron chi connectivity index (χ1n) is 6.64. The molecule has 0 radical (unpaired) electrons. The molecule has 0 aliphatic heterocycles. The van der Waals surface area contributed by atoms with Gasteiger partial charge < -0.3 is 15.8 Å². The van der Waals surface area contributed by atoms with Crippen molar-refractivity contribution in [2.24, 2.45) is 5.73 Å². The summed E-state index contributed by atoms with van der Waals surface area (Å²) in [7, 11) is 0. The number of hydrogen-bond donors (Lipinski definition) is 2. The van der Waals surface area contributed by atoms with E-state index in [1.807, 2.05) is 0 Å². The number of benzene rings is 2. The van der Waals surface area contributed by atoms with Crippen molar-refractivity contribution in [1.82, 2.24) is 0 Å². The van der Waals surface area contributed by atoms with Crippen molar-refractivity contribution >= 4 is 39.1 Å². The summed E-state index contributed by atoms with van der Waals surface area (Å²) in [5, 5.41) is 13.2. The summed E-state index contributed by atoms with van der Waals surface area (Å²) in [6.45, 7) is -0.353. The minimum absolute atomic E-state index is 0.105. The lowest BCUT2D eigenvalue weighted by molar-refractivity contribution is -0.384. The third-order valence-corrected chi connectivity index (χ3v) is 3.60. The topological polar surface area (TPSA) is 125 Å². The number of para-hydroxylation sites is 1. The standard InChI is InChI=1S/C15H12BrN3O5/c16-11-7-9(19(22)23)5-6-12(11)18-14(20)8-24-13-4-2-1-3-10(13)15(17)21/h1-7H,8H2,(H2,17,21)(H,18,20). The van der Waals surface area contributed by atoms with E-state index in [1.165, 1.54) is 30.3 Å². The van der Waals surface area contributed by atoms with Gasteiger partial charge in [0.15, 0.2) is 6.61 Å². The molecule has 2 rings (SSSR count). The lowest BCUT2D eigenvalue weighted by Crippen LogP contribution is -2.22. The highest BCUT2D eigenvalue weighted by Gasteiger charge is 2.13. The van der Waals surface area contributed by atoms with Crippen LogP contribution < -0.4 is 15.8 Å². The van der Waals surface area contributed by atoms with Crippen molar-refractivity contribution in [2.75, 3.05) is 11.9 Å². The highest BCUT2D eigenvalue weighted by Crippen LogP contribution is 2.27. The van der Waals surface area contributed by atoms with E-state index in [4.69, 9.17) is 10.5 Å². The monoisotopic (exact) mass is 393 g/mol. The van der Waals surface area contributed by atoms with Crippen molar-refractivity contribution in [3.63, 3.8) is 0 Å². The Balaban J connectivity index is 2.02. The van der Waals surface area contributed by atoms with Crippen molar-refractivity contribution in [1.29, 1.82) is 0 Å². The molecule has 0 unspecified atom stereocenters. The van der Waals surface area contributed by atoms with Gasteiger partial charge in [-0.3, -0.25) is 19.7 Å². The molecule has 2 amide bonds. The van der Waals surface area contributed by atoms with Gasteiger partial charge in [0.2, 0.25) is 0 Å². The van der Waals surface area contributed by atoms with Gasteiger partial charge in [-0.15, -0.1) is 0 Å². The van der Waals surface area contributed by atoms with Crippen LogP contribution in [-0.4, -0.2) is 23.3 Å². The molecule has 0 bridgehead atoms. The number of carbonyl (C=O) groups is 2. The molecular weight excluding hydrogens is 382 g/mol. The van der Waals surface area contributed by atoms with Crippen LogP contribution in [0.1, 0.15) is 10.4 Å². The van der Waals surface area contributed by atoms with E-state index in [0.29, 0.717) is 10.2 Å². The maximum atomic E-state index is 11.9. The van der Waals surface area contributed by atoms with Crippen LogP contribution in [0.3, 0.4) is 0 Å². The number of non-ortho nitro benzene ring substituents is 1. The van der Waals surface area contributed by atoms with Crippen LogP contribution in [-0.2, 0) is 4.79 Å².